The highest BCUT2D eigenvalue weighted by atomic mass is 79.9. The van der Waals surface area contributed by atoms with E-state index in [1.165, 1.54) is 41.7 Å². The van der Waals surface area contributed by atoms with Gasteiger partial charge < -0.3 is 5.11 Å². The normalized spacial score (nSPS) is 11.8. The van der Waals surface area contributed by atoms with Crippen LogP contribution >= 0.6 is 27.5 Å². The smallest absolute Gasteiger partial charge is 0.243 e. The number of nitrogens with zero attached hydrogens (tertiary/aromatic N) is 1. The first-order valence-corrected chi connectivity index (χ1v) is 8.61. The van der Waals surface area contributed by atoms with Gasteiger partial charge in [0.05, 0.1) is 9.92 Å². The number of halogens is 2. The second-order valence-electron chi connectivity index (χ2n) is 4.50. The van der Waals surface area contributed by atoms with E-state index in [-0.39, 0.29) is 17.2 Å². The molecular formula is C14H13BrClNO3S. The number of aromatic hydroxyl groups is 1. The molecule has 0 bridgehead atoms. The first kappa shape index (κ1) is 16.3. The molecule has 0 fully saturated rings. The van der Waals surface area contributed by atoms with Gasteiger partial charge in [-0.1, -0.05) is 23.7 Å². The van der Waals surface area contributed by atoms with Gasteiger partial charge in [-0.2, -0.15) is 4.31 Å². The number of rotatable bonds is 4. The van der Waals surface area contributed by atoms with Crippen molar-refractivity contribution in [2.24, 2.45) is 0 Å². The minimum absolute atomic E-state index is 0.144. The Balaban J connectivity index is 2.25. The SMILES string of the molecule is CN(Cc1ccc(O)cc1)S(=O)(=O)c1ccc(Cl)c(Br)c1. The molecule has 0 saturated carbocycles. The van der Waals surface area contributed by atoms with Crippen LogP contribution in [-0.2, 0) is 16.6 Å². The predicted octanol–water partition coefficient (Wildman–Crippen LogP) is 3.63. The van der Waals surface area contributed by atoms with E-state index in [9.17, 15) is 13.5 Å². The maximum Gasteiger partial charge on any atom is 0.243 e. The Labute approximate surface area is 137 Å². The largest absolute Gasteiger partial charge is 0.508 e. The van der Waals surface area contributed by atoms with Crippen LogP contribution in [0.3, 0.4) is 0 Å². The quantitative estimate of drug-likeness (QED) is 0.867. The number of benzene rings is 2. The zero-order valence-corrected chi connectivity index (χ0v) is 14.3. The van der Waals surface area contributed by atoms with Crippen molar-refractivity contribution in [2.75, 3.05) is 7.05 Å². The van der Waals surface area contributed by atoms with Crippen molar-refractivity contribution < 1.29 is 13.5 Å². The summed E-state index contributed by atoms with van der Waals surface area (Å²) in [5, 5.41) is 9.69. The van der Waals surface area contributed by atoms with Crippen molar-refractivity contribution in [3.8, 4) is 5.75 Å². The van der Waals surface area contributed by atoms with Crippen molar-refractivity contribution in [1.29, 1.82) is 0 Å². The topological polar surface area (TPSA) is 57.6 Å². The summed E-state index contributed by atoms with van der Waals surface area (Å²) >= 11 is 9.10. The molecule has 7 heteroatoms. The molecule has 0 aromatic heterocycles. The van der Waals surface area contributed by atoms with Crippen molar-refractivity contribution in [3.05, 3.63) is 57.5 Å². The summed E-state index contributed by atoms with van der Waals surface area (Å²) in [5.74, 6) is 0.144. The lowest BCUT2D eigenvalue weighted by Gasteiger charge is -2.17. The summed E-state index contributed by atoms with van der Waals surface area (Å²) in [4.78, 5) is 0.167. The fraction of sp³-hybridized carbons (Fsp3) is 0.143. The highest BCUT2D eigenvalue weighted by molar-refractivity contribution is 9.10. The highest BCUT2D eigenvalue weighted by Crippen LogP contribution is 2.27. The van der Waals surface area contributed by atoms with Crippen LogP contribution in [0.15, 0.2) is 51.8 Å². The van der Waals surface area contributed by atoms with Gasteiger partial charge in [-0.3, -0.25) is 0 Å². The number of sulfonamides is 1. The van der Waals surface area contributed by atoms with E-state index in [0.717, 1.165) is 5.56 Å². The number of phenols is 1. The monoisotopic (exact) mass is 389 g/mol. The van der Waals surface area contributed by atoms with Crippen LogP contribution in [0.1, 0.15) is 5.56 Å². The van der Waals surface area contributed by atoms with Gasteiger partial charge in [0.1, 0.15) is 5.75 Å². The van der Waals surface area contributed by atoms with E-state index in [4.69, 9.17) is 11.6 Å². The number of hydrogen-bond donors (Lipinski definition) is 1. The second-order valence-corrected chi connectivity index (χ2v) is 7.81. The molecule has 1 N–H and O–H groups in total. The van der Waals surface area contributed by atoms with Crippen molar-refractivity contribution in [1.82, 2.24) is 4.31 Å². The molecule has 0 aliphatic carbocycles. The average molecular weight is 391 g/mol. The Bertz CT molecular complexity index is 747. The standard InChI is InChI=1S/C14H13BrClNO3S/c1-17(9-10-2-4-11(18)5-3-10)21(19,20)12-6-7-14(16)13(15)8-12/h2-8,18H,9H2,1H3. The van der Waals surface area contributed by atoms with Crippen LogP contribution in [0.25, 0.3) is 0 Å². The lowest BCUT2D eigenvalue weighted by atomic mass is 10.2. The van der Waals surface area contributed by atoms with Gasteiger partial charge in [-0.25, -0.2) is 8.42 Å². The molecule has 0 spiro atoms. The van der Waals surface area contributed by atoms with Gasteiger partial charge in [-0.05, 0) is 51.8 Å². The zero-order valence-electron chi connectivity index (χ0n) is 11.1. The van der Waals surface area contributed by atoms with Gasteiger partial charge in [-0.15, -0.1) is 0 Å². The molecule has 0 aliphatic heterocycles. The number of phenolic OH excluding ortho intramolecular Hbond substituents is 1. The van der Waals surface area contributed by atoms with E-state index in [1.807, 2.05) is 0 Å². The van der Waals surface area contributed by atoms with Gasteiger partial charge in [0.15, 0.2) is 0 Å². The van der Waals surface area contributed by atoms with E-state index in [1.54, 1.807) is 12.1 Å². The molecule has 0 atom stereocenters. The lowest BCUT2D eigenvalue weighted by Crippen LogP contribution is -2.26. The fourth-order valence-corrected chi connectivity index (χ4v) is 3.59. The van der Waals surface area contributed by atoms with Crippen LogP contribution in [0.4, 0.5) is 0 Å². The summed E-state index contributed by atoms with van der Waals surface area (Å²) in [6, 6.07) is 10.9. The molecule has 0 heterocycles. The number of hydrogen-bond acceptors (Lipinski definition) is 3. The van der Waals surface area contributed by atoms with E-state index in [2.05, 4.69) is 15.9 Å². The fourth-order valence-electron chi connectivity index (χ4n) is 1.76. The summed E-state index contributed by atoms with van der Waals surface area (Å²) in [7, 11) is -2.10. The summed E-state index contributed by atoms with van der Waals surface area (Å²) in [5.41, 5.74) is 0.784. The second kappa shape index (κ2) is 6.36. The molecule has 2 aromatic carbocycles. The maximum absolute atomic E-state index is 12.5. The predicted molar refractivity (Wildman–Crippen MR) is 85.9 cm³/mol. The van der Waals surface area contributed by atoms with Crippen LogP contribution in [0, 0.1) is 0 Å². The lowest BCUT2D eigenvalue weighted by molar-refractivity contribution is 0.463. The van der Waals surface area contributed by atoms with E-state index in [0.29, 0.717) is 9.50 Å². The van der Waals surface area contributed by atoms with Crippen LogP contribution < -0.4 is 0 Å². The summed E-state index contributed by atoms with van der Waals surface area (Å²) in [6.45, 7) is 0.211. The van der Waals surface area contributed by atoms with Crippen molar-refractivity contribution >= 4 is 37.6 Å². The Morgan fingerprint density at radius 3 is 2.38 bits per heavy atom. The van der Waals surface area contributed by atoms with Crippen molar-refractivity contribution in [3.63, 3.8) is 0 Å². The molecule has 21 heavy (non-hydrogen) atoms. The average Bonchev–Trinajstić information content (AvgIpc) is 2.44. The summed E-state index contributed by atoms with van der Waals surface area (Å²) < 4.78 is 26.7. The third-order valence-electron chi connectivity index (χ3n) is 2.94. The first-order valence-electron chi connectivity index (χ1n) is 6.00. The maximum atomic E-state index is 12.5. The highest BCUT2D eigenvalue weighted by Gasteiger charge is 2.21. The van der Waals surface area contributed by atoms with Gasteiger partial charge in [0.25, 0.3) is 0 Å². The molecule has 0 amide bonds. The zero-order chi connectivity index (χ0) is 15.6. The van der Waals surface area contributed by atoms with E-state index < -0.39 is 10.0 Å². The minimum atomic E-state index is -3.60. The Morgan fingerprint density at radius 1 is 1.19 bits per heavy atom. The van der Waals surface area contributed by atoms with Gasteiger partial charge in [0, 0.05) is 18.1 Å². The van der Waals surface area contributed by atoms with Gasteiger partial charge >= 0.3 is 0 Å². The van der Waals surface area contributed by atoms with Gasteiger partial charge in [0.2, 0.25) is 10.0 Å². The molecule has 112 valence electrons. The molecule has 2 aromatic rings. The third kappa shape index (κ3) is 3.77. The molecule has 0 radical (unpaired) electrons. The van der Waals surface area contributed by atoms with Crippen molar-refractivity contribution in [2.45, 2.75) is 11.4 Å². The van der Waals surface area contributed by atoms with Crippen LogP contribution in [-0.4, -0.2) is 24.9 Å². The molecule has 0 saturated heterocycles. The molecule has 2 rings (SSSR count). The molecule has 4 nitrogen and oxygen atoms in total. The van der Waals surface area contributed by atoms with Crippen LogP contribution in [0.5, 0.6) is 5.75 Å². The molecule has 0 aliphatic rings. The first-order chi connectivity index (χ1) is 9.80. The Kier molecular flexibility index (Phi) is 4.93. The summed E-state index contributed by atoms with van der Waals surface area (Å²) in [6.07, 6.45) is 0. The molecule has 0 unspecified atom stereocenters. The van der Waals surface area contributed by atoms with E-state index >= 15 is 0 Å². The third-order valence-corrected chi connectivity index (χ3v) is 5.95. The van der Waals surface area contributed by atoms with Crippen LogP contribution in [0.2, 0.25) is 5.02 Å². The minimum Gasteiger partial charge on any atom is -0.508 e. The molecular weight excluding hydrogens is 378 g/mol. The Morgan fingerprint density at radius 2 is 1.81 bits per heavy atom. The Hall–Kier alpha value is -1.08.